The average molecular weight is 644 g/mol. The van der Waals surface area contributed by atoms with Crippen LogP contribution in [0.2, 0.25) is 0 Å². The summed E-state index contributed by atoms with van der Waals surface area (Å²) in [7, 11) is 0. The molecule has 4 aromatic rings. The van der Waals surface area contributed by atoms with Crippen molar-refractivity contribution in [3.63, 3.8) is 0 Å². The summed E-state index contributed by atoms with van der Waals surface area (Å²) in [5.41, 5.74) is -0.532. The summed E-state index contributed by atoms with van der Waals surface area (Å²) in [4.78, 5) is 13.7. The monoisotopic (exact) mass is 643 g/mol. The molecule has 4 fully saturated rings. The third-order valence-corrected chi connectivity index (χ3v) is 10.6. The van der Waals surface area contributed by atoms with Crippen molar-refractivity contribution in [2.75, 3.05) is 44.5 Å². The number of halogens is 3. The topological polar surface area (TPSA) is 92.2 Å². The molecule has 4 atom stereocenters. The minimum atomic E-state index is -0.933. The van der Waals surface area contributed by atoms with Crippen LogP contribution in [0.15, 0.2) is 24.3 Å². The standard InChI is InChI=1S/C35H32F3N5O4/c1-2-23-25(37)7-4-18-10-22(44)11-24(26(18)23)27-29(38)30-28(32-31(27)46-17-47-32)33(42-14-20-5-6-21(15-42)39-20)41-34(40-30)45-16-35-8-3-9-43(35)13-19(36)12-35/h1,4,7,10-11,19-21,39,44H,3,5-6,8-9,12-17H2/t19-,20-,21+,35+/m1/s1. The molecule has 9 nitrogen and oxygen atoms in total. The van der Waals surface area contributed by atoms with Gasteiger partial charge in [-0.05, 0) is 55.8 Å². The van der Waals surface area contributed by atoms with Gasteiger partial charge in [0, 0.05) is 49.1 Å². The van der Waals surface area contributed by atoms with Crippen molar-refractivity contribution in [2.45, 2.75) is 55.9 Å². The highest BCUT2D eigenvalue weighted by atomic mass is 19.1. The van der Waals surface area contributed by atoms with Crippen molar-refractivity contribution in [1.82, 2.24) is 20.2 Å². The zero-order chi connectivity index (χ0) is 32.0. The number of aromatic nitrogens is 2. The van der Waals surface area contributed by atoms with E-state index in [4.69, 9.17) is 25.6 Å². The SMILES string of the molecule is C#Cc1c(F)ccc2cc(O)cc(-c3c4c(c5c(N6C[C@H]7CC[C@@H](C6)N7)nc(OC[C@@]67CCCN6C[C@H](F)C7)nc5c3F)OCO4)c12. The van der Waals surface area contributed by atoms with Gasteiger partial charge >= 0.3 is 6.01 Å². The highest BCUT2D eigenvalue weighted by Gasteiger charge is 2.49. The van der Waals surface area contributed by atoms with E-state index in [9.17, 15) is 9.50 Å². The molecule has 242 valence electrons. The van der Waals surface area contributed by atoms with E-state index in [-0.39, 0.29) is 76.3 Å². The highest BCUT2D eigenvalue weighted by molar-refractivity contribution is 6.08. The normalized spacial score (nSPS) is 26.3. The Hall–Kier alpha value is -4.47. The van der Waals surface area contributed by atoms with Crippen molar-refractivity contribution in [2.24, 2.45) is 0 Å². The molecule has 0 amide bonds. The van der Waals surface area contributed by atoms with E-state index in [0.29, 0.717) is 42.6 Å². The quantitative estimate of drug-likeness (QED) is 0.291. The molecular weight excluding hydrogens is 611 g/mol. The molecule has 47 heavy (non-hydrogen) atoms. The van der Waals surface area contributed by atoms with E-state index in [1.54, 1.807) is 0 Å². The van der Waals surface area contributed by atoms with Crippen molar-refractivity contribution in [3.8, 4) is 46.7 Å². The van der Waals surface area contributed by atoms with E-state index in [2.05, 4.69) is 26.0 Å². The third kappa shape index (κ3) is 4.39. The second-order valence-corrected chi connectivity index (χ2v) is 13.4. The van der Waals surface area contributed by atoms with Gasteiger partial charge in [0.25, 0.3) is 0 Å². The molecule has 0 aliphatic carbocycles. The van der Waals surface area contributed by atoms with Gasteiger partial charge in [0.15, 0.2) is 17.3 Å². The predicted molar refractivity (Wildman–Crippen MR) is 169 cm³/mol. The van der Waals surface area contributed by atoms with Gasteiger partial charge in [0.1, 0.15) is 35.7 Å². The molecule has 0 unspecified atom stereocenters. The van der Waals surface area contributed by atoms with Gasteiger partial charge < -0.3 is 29.5 Å². The number of piperazine rings is 1. The molecule has 1 aromatic heterocycles. The number of nitrogens with one attached hydrogen (secondary N) is 1. The first-order chi connectivity index (χ1) is 22.8. The molecule has 5 aliphatic rings. The summed E-state index contributed by atoms with van der Waals surface area (Å²) in [5, 5.41) is 15.3. The smallest absolute Gasteiger partial charge is 0.319 e. The lowest BCUT2D eigenvalue weighted by Gasteiger charge is -2.35. The first-order valence-electron chi connectivity index (χ1n) is 16.1. The summed E-state index contributed by atoms with van der Waals surface area (Å²) in [6.07, 6.45) is 8.96. The zero-order valence-electron chi connectivity index (χ0n) is 25.5. The minimum absolute atomic E-state index is 0.0262. The molecule has 0 spiro atoms. The molecular formula is C35H32F3N5O4. The molecule has 4 saturated heterocycles. The van der Waals surface area contributed by atoms with Crippen molar-refractivity contribution in [3.05, 3.63) is 41.5 Å². The Morgan fingerprint density at radius 1 is 1.09 bits per heavy atom. The molecule has 0 radical (unpaired) electrons. The molecule has 5 aliphatic heterocycles. The third-order valence-electron chi connectivity index (χ3n) is 10.6. The fourth-order valence-corrected chi connectivity index (χ4v) is 8.58. The Labute approximate surface area is 268 Å². The first kappa shape index (κ1) is 28.7. The largest absolute Gasteiger partial charge is 0.508 e. The van der Waals surface area contributed by atoms with E-state index in [1.165, 1.54) is 24.3 Å². The number of anilines is 1. The van der Waals surface area contributed by atoms with Crippen LogP contribution in [0.5, 0.6) is 23.3 Å². The number of hydrogen-bond acceptors (Lipinski definition) is 9. The van der Waals surface area contributed by atoms with Crippen LogP contribution in [-0.2, 0) is 0 Å². The average Bonchev–Trinajstić information content (AvgIpc) is 3.83. The first-order valence-corrected chi connectivity index (χ1v) is 16.1. The van der Waals surface area contributed by atoms with Gasteiger partial charge in [0.2, 0.25) is 6.79 Å². The van der Waals surface area contributed by atoms with E-state index in [1.807, 2.05) is 0 Å². The van der Waals surface area contributed by atoms with Crippen molar-refractivity contribution < 1.29 is 32.5 Å². The number of aromatic hydroxyl groups is 1. The molecule has 0 saturated carbocycles. The van der Waals surface area contributed by atoms with E-state index >= 15 is 8.78 Å². The minimum Gasteiger partial charge on any atom is -0.508 e. The van der Waals surface area contributed by atoms with Crippen LogP contribution >= 0.6 is 0 Å². The number of alkyl halides is 1. The number of fused-ring (bicyclic) bond motifs is 7. The Morgan fingerprint density at radius 3 is 2.70 bits per heavy atom. The maximum Gasteiger partial charge on any atom is 0.319 e. The van der Waals surface area contributed by atoms with Crippen molar-refractivity contribution in [1.29, 1.82) is 0 Å². The summed E-state index contributed by atoms with van der Waals surface area (Å²) in [6.45, 7) is 2.44. The van der Waals surface area contributed by atoms with Crippen LogP contribution in [0.25, 0.3) is 32.8 Å². The number of benzene rings is 3. The fraction of sp³-hybridized carbons (Fsp3) is 0.429. The van der Waals surface area contributed by atoms with Crippen LogP contribution in [0.4, 0.5) is 19.0 Å². The second kappa shape index (κ2) is 10.5. The number of nitrogens with zero attached hydrogens (tertiary/aromatic N) is 4. The van der Waals surface area contributed by atoms with Gasteiger partial charge in [-0.25, -0.2) is 13.2 Å². The van der Waals surface area contributed by atoms with Gasteiger partial charge in [-0.1, -0.05) is 12.0 Å². The maximum absolute atomic E-state index is 17.3. The van der Waals surface area contributed by atoms with Gasteiger partial charge in [-0.2, -0.15) is 9.97 Å². The highest BCUT2D eigenvalue weighted by Crippen LogP contribution is 2.53. The van der Waals surface area contributed by atoms with Crippen LogP contribution < -0.4 is 24.4 Å². The lowest BCUT2D eigenvalue weighted by Crippen LogP contribution is -2.51. The van der Waals surface area contributed by atoms with Crippen LogP contribution in [0.1, 0.15) is 37.7 Å². The summed E-state index contributed by atoms with van der Waals surface area (Å²) >= 11 is 0. The Bertz CT molecular complexity index is 2010. The number of phenols is 1. The zero-order valence-corrected chi connectivity index (χ0v) is 25.5. The van der Waals surface area contributed by atoms with E-state index in [0.717, 1.165) is 32.2 Å². The molecule has 12 heteroatoms. The number of rotatable bonds is 5. The lowest BCUT2D eigenvalue weighted by molar-refractivity contribution is 0.107. The van der Waals surface area contributed by atoms with Crippen molar-refractivity contribution >= 4 is 27.5 Å². The van der Waals surface area contributed by atoms with Gasteiger partial charge in [-0.3, -0.25) is 4.90 Å². The fourth-order valence-electron chi connectivity index (χ4n) is 8.58. The molecule has 6 heterocycles. The number of terminal acetylenes is 1. The van der Waals surface area contributed by atoms with Gasteiger partial charge in [0.05, 0.1) is 22.1 Å². The Morgan fingerprint density at radius 2 is 1.89 bits per heavy atom. The molecule has 2 N–H and O–H groups in total. The van der Waals surface area contributed by atoms with E-state index < -0.39 is 23.3 Å². The summed E-state index contributed by atoms with van der Waals surface area (Å²) < 4.78 is 65.1. The predicted octanol–water partition coefficient (Wildman–Crippen LogP) is 5.04. The Kier molecular flexibility index (Phi) is 6.43. The molecule has 9 rings (SSSR count). The van der Waals surface area contributed by atoms with Gasteiger partial charge in [-0.15, -0.1) is 6.42 Å². The van der Waals surface area contributed by atoms with Crippen LogP contribution in [-0.4, -0.2) is 83.3 Å². The number of ether oxygens (including phenoxy) is 3. The molecule has 2 bridgehead atoms. The lowest BCUT2D eigenvalue weighted by atomic mass is 9.92. The maximum atomic E-state index is 17.3. The van der Waals surface area contributed by atoms with Crippen LogP contribution in [0, 0.1) is 24.0 Å². The second-order valence-electron chi connectivity index (χ2n) is 13.4. The molecule has 3 aromatic carbocycles. The Balaban J connectivity index is 1.26. The summed E-state index contributed by atoms with van der Waals surface area (Å²) in [6, 6.07) is 5.94. The number of phenolic OH excluding ortho intramolecular Hbond substituents is 1. The summed E-state index contributed by atoms with van der Waals surface area (Å²) in [5.74, 6) is 1.59. The number of hydrogen-bond donors (Lipinski definition) is 2. The van der Waals surface area contributed by atoms with Crippen LogP contribution in [0.3, 0.4) is 0 Å².